The number of nitrogen functional groups attached to an aromatic ring is 1. The first kappa shape index (κ1) is 22.7. The number of amides is 1. The maximum Gasteiger partial charge on any atom is 0.255 e. The van der Waals surface area contributed by atoms with Gasteiger partial charge in [-0.25, -0.2) is 0 Å². The van der Waals surface area contributed by atoms with Crippen LogP contribution < -0.4 is 15.8 Å². The number of halogens is 2. The lowest BCUT2D eigenvalue weighted by atomic mass is 10.1. The number of carbonyl (C=O) groups is 1. The lowest BCUT2D eigenvalue weighted by Gasteiger charge is -2.37. The van der Waals surface area contributed by atoms with Crippen molar-refractivity contribution in [2.45, 2.75) is 26.0 Å². The van der Waals surface area contributed by atoms with E-state index in [1.54, 1.807) is 6.07 Å². The average molecular weight is 452 g/mol. The fourth-order valence-corrected chi connectivity index (χ4v) is 3.78. The highest BCUT2D eigenvalue weighted by Crippen LogP contribution is 2.29. The largest absolute Gasteiger partial charge is 0.493 e. The van der Waals surface area contributed by atoms with E-state index >= 15 is 0 Å². The number of carbonyl (C=O) groups excluding carboxylic acids is 1. The summed E-state index contributed by atoms with van der Waals surface area (Å²) >= 11 is 12.1. The zero-order valence-electron chi connectivity index (χ0n) is 17.2. The minimum absolute atomic E-state index is 0.114. The van der Waals surface area contributed by atoms with Gasteiger partial charge in [-0.3, -0.25) is 9.69 Å². The molecule has 2 aromatic rings. The number of anilines is 1. The van der Waals surface area contributed by atoms with Crippen LogP contribution in [0.1, 0.15) is 35.8 Å². The Morgan fingerprint density at radius 1 is 1.33 bits per heavy atom. The summed E-state index contributed by atoms with van der Waals surface area (Å²) in [5.41, 5.74) is 7.76. The molecule has 2 unspecified atom stereocenters. The van der Waals surface area contributed by atoms with Crippen molar-refractivity contribution in [3.63, 3.8) is 0 Å². The molecule has 0 aromatic heterocycles. The van der Waals surface area contributed by atoms with Gasteiger partial charge in [-0.1, -0.05) is 35.3 Å². The van der Waals surface area contributed by atoms with Crippen LogP contribution in [0.4, 0.5) is 5.69 Å². The maximum absolute atomic E-state index is 12.7. The van der Waals surface area contributed by atoms with E-state index < -0.39 is 0 Å². The number of hydrogen-bond acceptors (Lipinski definition) is 5. The Labute approximate surface area is 187 Å². The predicted octanol–water partition coefficient (Wildman–Crippen LogP) is 4.17. The highest BCUT2D eigenvalue weighted by atomic mass is 35.5. The van der Waals surface area contributed by atoms with Crippen molar-refractivity contribution < 1.29 is 14.3 Å². The van der Waals surface area contributed by atoms with Crippen LogP contribution in [-0.4, -0.2) is 49.8 Å². The molecule has 8 heteroatoms. The third-order valence-corrected chi connectivity index (χ3v) is 5.78. The Hall–Kier alpha value is -1.99. The minimum atomic E-state index is -0.271. The Morgan fingerprint density at radius 2 is 2.07 bits per heavy atom. The third kappa shape index (κ3) is 5.58. The molecule has 1 amide bonds. The van der Waals surface area contributed by atoms with Gasteiger partial charge in [0.25, 0.3) is 5.91 Å². The number of morpholine rings is 1. The van der Waals surface area contributed by atoms with E-state index in [1.165, 1.54) is 11.6 Å². The molecule has 1 saturated heterocycles. The Balaban J connectivity index is 1.61. The van der Waals surface area contributed by atoms with Crippen molar-refractivity contribution in [1.82, 2.24) is 10.2 Å². The highest BCUT2D eigenvalue weighted by molar-refractivity contribution is 6.33. The molecule has 2 aromatic carbocycles. The van der Waals surface area contributed by atoms with Gasteiger partial charge >= 0.3 is 0 Å². The standard InChI is InChI=1S/C22H27Cl2N3O3/c1-3-29-21-11-20(25)19(24)10-18(21)22(28)26-12-17-13-27(8-9-30-17)14(2)15-4-6-16(23)7-5-15/h4-7,10-11,14,17H,3,8-9,12-13,25H2,1-2H3,(H,26,28). The third-order valence-electron chi connectivity index (χ3n) is 5.20. The van der Waals surface area contributed by atoms with E-state index in [1.807, 2.05) is 31.2 Å². The second-order valence-electron chi connectivity index (χ2n) is 7.23. The van der Waals surface area contributed by atoms with Gasteiger partial charge in [0.05, 0.1) is 35.6 Å². The number of ether oxygens (including phenoxy) is 2. The van der Waals surface area contributed by atoms with Gasteiger partial charge < -0.3 is 20.5 Å². The lowest BCUT2D eigenvalue weighted by Crippen LogP contribution is -2.48. The van der Waals surface area contributed by atoms with Crippen molar-refractivity contribution in [2.75, 3.05) is 38.6 Å². The fraction of sp³-hybridized carbons (Fsp3) is 0.409. The molecule has 2 atom stereocenters. The molecule has 30 heavy (non-hydrogen) atoms. The van der Waals surface area contributed by atoms with Crippen molar-refractivity contribution in [1.29, 1.82) is 0 Å². The van der Waals surface area contributed by atoms with Crippen LogP contribution >= 0.6 is 23.2 Å². The summed E-state index contributed by atoms with van der Waals surface area (Å²) in [4.78, 5) is 15.1. The summed E-state index contributed by atoms with van der Waals surface area (Å²) in [6.07, 6.45) is -0.114. The number of benzene rings is 2. The second-order valence-corrected chi connectivity index (χ2v) is 8.07. The topological polar surface area (TPSA) is 76.8 Å². The summed E-state index contributed by atoms with van der Waals surface area (Å²) in [5.74, 6) is 0.145. The summed E-state index contributed by atoms with van der Waals surface area (Å²) < 4.78 is 11.4. The zero-order valence-corrected chi connectivity index (χ0v) is 18.7. The molecule has 0 bridgehead atoms. The zero-order chi connectivity index (χ0) is 21.7. The van der Waals surface area contributed by atoms with Crippen LogP contribution in [0.2, 0.25) is 10.0 Å². The number of nitrogens with one attached hydrogen (secondary N) is 1. The first-order valence-corrected chi connectivity index (χ1v) is 10.8. The van der Waals surface area contributed by atoms with Gasteiger partial charge in [0.1, 0.15) is 5.75 Å². The smallest absolute Gasteiger partial charge is 0.255 e. The van der Waals surface area contributed by atoms with Crippen molar-refractivity contribution in [3.05, 3.63) is 57.6 Å². The molecular formula is C22H27Cl2N3O3. The van der Waals surface area contributed by atoms with Gasteiger partial charge in [0.15, 0.2) is 0 Å². The Morgan fingerprint density at radius 3 is 2.77 bits per heavy atom. The molecule has 1 aliphatic rings. The van der Waals surface area contributed by atoms with Crippen LogP contribution in [0.15, 0.2) is 36.4 Å². The van der Waals surface area contributed by atoms with E-state index in [-0.39, 0.29) is 18.1 Å². The van der Waals surface area contributed by atoms with Crippen LogP contribution in [0.5, 0.6) is 5.75 Å². The summed E-state index contributed by atoms with van der Waals surface area (Å²) in [7, 11) is 0. The van der Waals surface area contributed by atoms with Crippen molar-refractivity contribution in [2.24, 2.45) is 0 Å². The molecule has 3 N–H and O–H groups in total. The molecule has 3 rings (SSSR count). The van der Waals surface area contributed by atoms with Gasteiger partial charge in [0.2, 0.25) is 0 Å². The average Bonchev–Trinajstić information content (AvgIpc) is 2.75. The fourth-order valence-electron chi connectivity index (χ4n) is 3.49. The molecule has 1 fully saturated rings. The molecule has 162 valence electrons. The second kappa shape index (κ2) is 10.4. The summed E-state index contributed by atoms with van der Waals surface area (Å²) in [6.45, 7) is 6.96. The number of rotatable bonds is 7. The van der Waals surface area contributed by atoms with E-state index in [2.05, 4.69) is 17.1 Å². The number of nitrogens with zero attached hydrogens (tertiary/aromatic N) is 1. The van der Waals surface area contributed by atoms with E-state index in [0.29, 0.717) is 48.3 Å². The Bertz CT molecular complexity index is 877. The molecule has 0 saturated carbocycles. The van der Waals surface area contributed by atoms with Crippen LogP contribution in [0, 0.1) is 0 Å². The molecule has 1 heterocycles. The summed E-state index contributed by atoms with van der Waals surface area (Å²) in [5, 5.41) is 3.98. The first-order chi connectivity index (χ1) is 14.4. The first-order valence-electron chi connectivity index (χ1n) is 10.00. The predicted molar refractivity (Wildman–Crippen MR) is 121 cm³/mol. The molecule has 0 spiro atoms. The van der Waals surface area contributed by atoms with Crippen molar-refractivity contribution in [3.8, 4) is 5.75 Å². The molecular weight excluding hydrogens is 425 g/mol. The molecule has 6 nitrogen and oxygen atoms in total. The molecule has 0 aliphatic carbocycles. The summed E-state index contributed by atoms with van der Waals surface area (Å²) in [6, 6.07) is 11.2. The van der Waals surface area contributed by atoms with Gasteiger partial charge in [-0.15, -0.1) is 0 Å². The van der Waals surface area contributed by atoms with Gasteiger partial charge in [-0.2, -0.15) is 0 Å². The maximum atomic E-state index is 12.7. The van der Waals surface area contributed by atoms with Crippen molar-refractivity contribution >= 4 is 34.8 Å². The van der Waals surface area contributed by atoms with Crippen LogP contribution in [-0.2, 0) is 4.74 Å². The monoisotopic (exact) mass is 451 g/mol. The number of nitrogens with two attached hydrogens (primary N) is 1. The van der Waals surface area contributed by atoms with Gasteiger partial charge in [-0.05, 0) is 37.6 Å². The molecule has 0 radical (unpaired) electrons. The Kier molecular flexibility index (Phi) is 7.83. The normalized spacial score (nSPS) is 18.1. The van der Waals surface area contributed by atoms with Crippen LogP contribution in [0.25, 0.3) is 0 Å². The van der Waals surface area contributed by atoms with E-state index in [4.69, 9.17) is 38.4 Å². The minimum Gasteiger partial charge on any atom is -0.493 e. The lowest BCUT2D eigenvalue weighted by molar-refractivity contribution is -0.0393. The van der Waals surface area contributed by atoms with Gasteiger partial charge in [0, 0.05) is 36.8 Å². The SMILES string of the molecule is CCOc1cc(N)c(Cl)cc1C(=O)NCC1CN(C(C)c2ccc(Cl)cc2)CCO1. The van der Waals surface area contributed by atoms with Crippen LogP contribution in [0.3, 0.4) is 0 Å². The molecule has 1 aliphatic heterocycles. The number of hydrogen-bond donors (Lipinski definition) is 2. The van der Waals surface area contributed by atoms with E-state index in [9.17, 15) is 4.79 Å². The van der Waals surface area contributed by atoms with E-state index in [0.717, 1.165) is 11.6 Å². The quantitative estimate of drug-likeness (QED) is 0.617. The highest BCUT2D eigenvalue weighted by Gasteiger charge is 2.26.